The average molecular weight is 464 g/mol. The first-order valence-corrected chi connectivity index (χ1v) is 11.5. The first kappa shape index (κ1) is 23.5. The number of halogens is 2. The van der Waals surface area contributed by atoms with Gasteiger partial charge in [-0.05, 0) is 37.5 Å². The van der Waals surface area contributed by atoms with Crippen LogP contribution in [0.15, 0.2) is 30.9 Å². The van der Waals surface area contributed by atoms with Crippen molar-refractivity contribution in [2.45, 2.75) is 26.3 Å². The number of hydrogen-bond donors (Lipinski definition) is 2. The smallest absolute Gasteiger partial charge is 0.292 e. The van der Waals surface area contributed by atoms with E-state index in [0.717, 1.165) is 12.1 Å². The molecule has 3 rings (SSSR count). The van der Waals surface area contributed by atoms with E-state index in [0.29, 0.717) is 36.4 Å². The van der Waals surface area contributed by atoms with Crippen molar-refractivity contribution in [1.82, 2.24) is 9.88 Å². The van der Waals surface area contributed by atoms with Crippen LogP contribution in [0.3, 0.4) is 0 Å². The molecule has 170 valence electrons. The Morgan fingerprint density at radius 2 is 2.00 bits per heavy atom. The number of amides is 2. The van der Waals surface area contributed by atoms with Gasteiger partial charge in [-0.15, -0.1) is 6.58 Å². The van der Waals surface area contributed by atoms with E-state index in [1.54, 1.807) is 11.5 Å². The molecule has 1 aromatic heterocycles. The van der Waals surface area contributed by atoms with E-state index in [1.807, 2.05) is 0 Å². The van der Waals surface area contributed by atoms with Gasteiger partial charge in [-0.25, -0.2) is 8.78 Å². The van der Waals surface area contributed by atoms with Crippen LogP contribution in [0.1, 0.15) is 38.5 Å². The van der Waals surface area contributed by atoms with Gasteiger partial charge in [0.15, 0.2) is 11.6 Å². The van der Waals surface area contributed by atoms with E-state index in [2.05, 4.69) is 17.2 Å². The van der Waals surface area contributed by atoms with Crippen LogP contribution >= 0.6 is 0 Å². The molecule has 0 aliphatic carbocycles. The summed E-state index contributed by atoms with van der Waals surface area (Å²) < 4.78 is 40.0. The number of hydrogen-bond acceptors (Lipinski definition) is 4. The van der Waals surface area contributed by atoms with Gasteiger partial charge < -0.3 is 15.2 Å². The number of fused-ring (bicyclic) bond motifs is 1. The highest BCUT2D eigenvalue weighted by molar-refractivity contribution is 7.85. The Morgan fingerprint density at radius 3 is 2.69 bits per heavy atom. The lowest BCUT2D eigenvalue weighted by molar-refractivity contribution is -0.116. The zero-order valence-electron chi connectivity index (χ0n) is 17.5. The maximum Gasteiger partial charge on any atom is 0.292 e. The third kappa shape index (κ3) is 4.85. The van der Waals surface area contributed by atoms with Gasteiger partial charge in [-0.2, -0.15) is 0 Å². The van der Waals surface area contributed by atoms with Crippen molar-refractivity contribution in [2.75, 3.05) is 23.4 Å². The molecular formula is C22H23F2N3O4S. The fourth-order valence-corrected chi connectivity index (χ4v) is 4.52. The molecule has 2 amide bonds. The number of nitrogens with zero attached hydrogens (tertiary/aromatic N) is 1. The predicted molar refractivity (Wildman–Crippen MR) is 117 cm³/mol. The van der Waals surface area contributed by atoms with Gasteiger partial charge >= 0.3 is 0 Å². The fraction of sp³-hybridized carbons (Fsp3) is 0.318. The number of aromatic nitrogens is 1. The second kappa shape index (κ2) is 9.99. The predicted octanol–water partition coefficient (Wildman–Crippen LogP) is 2.51. The number of anilines is 1. The summed E-state index contributed by atoms with van der Waals surface area (Å²) in [6.45, 7) is 5.64. The summed E-state index contributed by atoms with van der Waals surface area (Å²) in [5, 5.41) is 4.99. The molecule has 1 atom stereocenters. The van der Waals surface area contributed by atoms with Crippen LogP contribution < -0.4 is 10.6 Å². The van der Waals surface area contributed by atoms with Crippen molar-refractivity contribution in [2.24, 2.45) is 0 Å². The average Bonchev–Trinajstić information content (AvgIpc) is 3.29. The minimum Gasteiger partial charge on any atom is -0.348 e. The maximum atomic E-state index is 13.5. The Morgan fingerprint density at radius 1 is 1.25 bits per heavy atom. The molecule has 10 heteroatoms. The summed E-state index contributed by atoms with van der Waals surface area (Å²) in [5.74, 6) is -3.83. The minimum atomic E-state index is -1.17. The summed E-state index contributed by atoms with van der Waals surface area (Å²) in [6.07, 6.45) is 2.74. The zero-order valence-corrected chi connectivity index (χ0v) is 18.3. The maximum absolute atomic E-state index is 13.5. The summed E-state index contributed by atoms with van der Waals surface area (Å²) in [4.78, 5) is 38.2. The first-order valence-electron chi connectivity index (χ1n) is 10.0. The molecular weight excluding hydrogens is 440 g/mol. The quantitative estimate of drug-likeness (QED) is 0.339. The van der Waals surface area contributed by atoms with E-state index < -0.39 is 40.0 Å². The lowest BCUT2D eigenvalue weighted by atomic mass is 10.0. The van der Waals surface area contributed by atoms with E-state index in [9.17, 15) is 27.4 Å². The van der Waals surface area contributed by atoms with Gasteiger partial charge in [0.25, 0.3) is 17.6 Å². The highest BCUT2D eigenvalue weighted by atomic mass is 32.2. The topological polar surface area (TPSA) is 97.3 Å². The largest absolute Gasteiger partial charge is 0.348 e. The number of benzene rings is 1. The van der Waals surface area contributed by atoms with Crippen molar-refractivity contribution in [3.05, 3.63) is 65.0 Å². The summed E-state index contributed by atoms with van der Waals surface area (Å²) >= 11 is 0. The van der Waals surface area contributed by atoms with Crippen LogP contribution in [0, 0.1) is 18.6 Å². The molecule has 0 saturated carbocycles. The minimum absolute atomic E-state index is 0.0694. The molecule has 0 bridgehead atoms. The van der Waals surface area contributed by atoms with E-state index in [-0.39, 0.29) is 29.2 Å². The van der Waals surface area contributed by atoms with Gasteiger partial charge in [0.05, 0.1) is 5.56 Å². The third-order valence-electron chi connectivity index (χ3n) is 5.15. The molecule has 0 spiro atoms. The molecule has 0 fully saturated rings. The lowest BCUT2D eigenvalue weighted by Gasteiger charge is -2.09. The highest BCUT2D eigenvalue weighted by Gasteiger charge is 2.33. The molecule has 0 saturated heterocycles. The van der Waals surface area contributed by atoms with Crippen molar-refractivity contribution in [3.8, 4) is 0 Å². The van der Waals surface area contributed by atoms with E-state index in [4.69, 9.17) is 0 Å². The summed E-state index contributed by atoms with van der Waals surface area (Å²) in [5.41, 5.74) is 1.37. The first-order chi connectivity index (χ1) is 15.2. The number of Topliss-reactive ketones (excluding diaryl/α,β-unsaturated/α-hetero) is 1. The number of rotatable bonds is 9. The normalized spacial score (nSPS) is 13.3. The second-order valence-corrected chi connectivity index (χ2v) is 8.94. The SMILES string of the molecule is C=CC[S@](=O)CCNC(=O)C(=O)c1c(C)c(C(=O)Nc2ccc(F)c(F)c2)n2c1CCC2. The molecule has 2 aromatic rings. The molecule has 1 aliphatic rings. The molecule has 7 nitrogen and oxygen atoms in total. The highest BCUT2D eigenvalue weighted by Crippen LogP contribution is 2.30. The Hall–Kier alpha value is -3.14. The molecule has 2 N–H and O–H groups in total. The zero-order chi connectivity index (χ0) is 23.4. The molecule has 1 aliphatic heterocycles. The fourth-order valence-electron chi connectivity index (χ4n) is 3.76. The van der Waals surface area contributed by atoms with Gasteiger partial charge in [0.2, 0.25) is 0 Å². The molecule has 0 radical (unpaired) electrons. The van der Waals surface area contributed by atoms with Crippen molar-refractivity contribution in [3.63, 3.8) is 0 Å². The number of nitrogens with one attached hydrogen (secondary N) is 2. The van der Waals surface area contributed by atoms with Crippen LogP contribution in [-0.2, 0) is 28.6 Å². The number of ketones is 1. The Balaban J connectivity index is 1.80. The van der Waals surface area contributed by atoms with Crippen LogP contribution in [0.4, 0.5) is 14.5 Å². The Bertz CT molecular complexity index is 1130. The van der Waals surface area contributed by atoms with Crippen molar-refractivity contribution >= 4 is 34.1 Å². The van der Waals surface area contributed by atoms with E-state index in [1.165, 1.54) is 12.1 Å². The molecule has 1 aromatic carbocycles. The number of carbonyl (C=O) groups excluding carboxylic acids is 3. The van der Waals surface area contributed by atoms with Crippen LogP contribution in [-0.4, -0.2) is 44.4 Å². The summed E-state index contributed by atoms with van der Waals surface area (Å²) in [6, 6.07) is 3.00. The van der Waals surface area contributed by atoms with Gasteiger partial charge in [-0.1, -0.05) is 6.08 Å². The van der Waals surface area contributed by atoms with E-state index >= 15 is 0 Å². The lowest BCUT2D eigenvalue weighted by Crippen LogP contribution is -2.34. The standard InChI is InChI=1S/C22H23F2N3O4S/c1-3-10-32(31)11-8-25-22(30)20(28)18-13(2)19(27-9-4-5-17(18)27)21(29)26-14-6-7-15(23)16(24)12-14/h3,6-7,12H,1,4-5,8-11H2,2H3,(H,25,30)(H,26,29)/t32-/m0/s1. The number of carbonyl (C=O) groups is 3. The van der Waals surface area contributed by atoms with Gasteiger partial charge in [0, 0.05) is 52.8 Å². The van der Waals surface area contributed by atoms with Crippen molar-refractivity contribution < 1.29 is 27.4 Å². The Kier molecular flexibility index (Phi) is 7.34. The monoisotopic (exact) mass is 463 g/mol. The summed E-state index contributed by atoms with van der Waals surface area (Å²) in [7, 11) is -1.17. The molecule has 2 heterocycles. The van der Waals surface area contributed by atoms with Gasteiger partial charge in [0.1, 0.15) is 5.69 Å². The van der Waals surface area contributed by atoms with Crippen LogP contribution in [0.2, 0.25) is 0 Å². The van der Waals surface area contributed by atoms with Crippen LogP contribution in [0.5, 0.6) is 0 Å². The Labute approximate surface area is 186 Å². The molecule has 32 heavy (non-hydrogen) atoms. The van der Waals surface area contributed by atoms with Crippen molar-refractivity contribution in [1.29, 1.82) is 0 Å². The van der Waals surface area contributed by atoms with Gasteiger partial charge in [-0.3, -0.25) is 18.6 Å². The molecule has 0 unspecified atom stereocenters. The van der Waals surface area contributed by atoms with Crippen LogP contribution in [0.25, 0.3) is 0 Å². The second-order valence-electron chi connectivity index (χ2n) is 7.32. The third-order valence-corrected chi connectivity index (χ3v) is 6.42.